The standard InChI is InChI=1S/C14H15N5O5S2/c1-6-4-25-12-9(11(21)19(12)10(6)13(22)23)18-8(20)2-16-24-3-7-5-26-14(15)17-7/h2,5,9,12H,3-4H2,1H3,(H2,15,17)(H,18,20)(H,22,23)/t9?,12-/m0/s1. The van der Waals surface area contributed by atoms with Crippen molar-refractivity contribution >= 4 is 52.2 Å². The molecule has 1 aromatic rings. The molecule has 12 heteroatoms. The number of carbonyl (C=O) groups is 3. The second-order valence-corrected chi connectivity index (χ2v) is 7.51. The minimum absolute atomic E-state index is 0.0104. The molecule has 1 unspecified atom stereocenters. The molecule has 3 rings (SSSR count). The van der Waals surface area contributed by atoms with Crippen LogP contribution in [0.1, 0.15) is 12.6 Å². The molecule has 0 radical (unpaired) electrons. The zero-order valence-electron chi connectivity index (χ0n) is 13.5. The van der Waals surface area contributed by atoms with Crippen LogP contribution in [0.5, 0.6) is 0 Å². The number of oxime groups is 1. The van der Waals surface area contributed by atoms with E-state index in [9.17, 15) is 19.5 Å². The van der Waals surface area contributed by atoms with E-state index in [1.165, 1.54) is 28.0 Å². The minimum atomic E-state index is -1.15. The maximum atomic E-state index is 12.2. The molecule has 26 heavy (non-hydrogen) atoms. The summed E-state index contributed by atoms with van der Waals surface area (Å²) in [6, 6.07) is -0.792. The third-order valence-corrected chi connectivity index (χ3v) is 5.83. The van der Waals surface area contributed by atoms with Crippen molar-refractivity contribution < 1.29 is 24.3 Å². The number of hydrogen-bond donors (Lipinski definition) is 3. The Balaban J connectivity index is 1.52. The van der Waals surface area contributed by atoms with Crippen molar-refractivity contribution in [2.45, 2.75) is 24.9 Å². The third-order valence-electron chi connectivity index (χ3n) is 3.69. The van der Waals surface area contributed by atoms with Gasteiger partial charge in [0.2, 0.25) is 0 Å². The zero-order valence-corrected chi connectivity index (χ0v) is 15.2. The molecule has 3 heterocycles. The number of carbonyl (C=O) groups excluding carboxylic acids is 2. The van der Waals surface area contributed by atoms with Crippen molar-refractivity contribution in [3.63, 3.8) is 0 Å². The predicted molar refractivity (Wildman–Crippen MR) is 95.2 cm³/mol. The predicted octanol–water partition coefficient (Wildman–Crippen LogP) is -0.0138. The highest BCUT2D eigenvalue weighted by Gasteiger charge is 2.53. The fraction of sp³-hybridized carbons (Fsp3) is 0.357. The van der Waals surface area contributed by atoms with E-state index in [0.717, 1.165) is 6.21 Å². The molecule has 2 aliphatic heterocycles. The molecule has 1 aromatic heterocycles. The molecule has 1 fully saturated rings. The van der Waals surface area contributed by atoms with Gasteiger partial charge in [0.05, 0.1) is 5.69 Å². The van der Waals surface area contributed by atoms with E-state index >= 15 is 0 Å². The molecule has 2 amide bonds. The van der Waals surface area contributed by atoms with Crippen molar-refractivity contribution in [1.82, 2.24) is 15.2 Å². The van der Waals surface area contributed by atoms with Crippen LogP contribution in [0.4, 0.5) is 5.13 Å². The number of nitrogens with one attached hydrogen (secondary N) is 1. The average molecular weight is 397 g/mol. The fourth-order valence-electron chi connectivity index (χ4n) is 2.54. The van der Waals surface area contributed by atoms with Crippen LogP contribution in [0.25, 0.3) is 0 Å². The first-order valence-corrected chi connectivity index (χ1v) is 9.34. The van der Waals surface area contributed by atoms with Gasteiger partial charge in [0.25, 0.3) is 11.8 Å². The van der Waals surface area contributed by atoms with Crippen molar-refractivity contribution in [2.24, 2.45) is 5.16 Å². The number of carboxylic acids is 1. The summed E-state index contributed by atoms with van der Waals surface area (Å²) in [5, 5.41) is 17.0. The number of anilines is 1. The maximum absolute atomic E-state index is 12.2. The van der Waals surface area contributed by atoms with E-state index < -0.39 is 29.2 Å². The quantitative estimate of drug-likeness (QED) is 0.345. The van der Waals surface area contributed by atoms with Gasteiger partial charge in [-0.15, -0.1) is 23.1 Å². The highest BCUT2D eigenvalue weighted by molar-refractivity contribution is 8.00. The Morgan fingerprint density at radius 3 is 3.04 bits per heavy atom. The van der Waals surface area contributed by atoms with Crippen molar-refractivity contribution in [3.05, 3.63) is 22.3 Å². The van der Waals surface area contributed by atoms with Gasteiger partial charge in [-0.05, 0) is 12.5 Å². The summed E-state index contributed by atoms with van der Waals surface area (Å²) in [4.78, 5) is 45.5. The molecule has 4 N–H and O–H groups in total. The molecule has 0 spiro atoms. The summed E-state index contributed by atoms with van der Waals surface area (Å²) in [6.07, 6.45) is 0.915. The van der Waals surface area contributed by atoms with Crippen LogP contribution < -0.4 is 11.1 Å². The number of thioether (sulfide) groups is 1. The van der Waals surface area contributed by atoms with Crippen LogP contribution in [0.15, 0.2) is 21.8 Å². The second-order valence-electron chi connectivity index (χ2n) is 5.52. The van der Waals surface area contributed by atoms with E-state index in [1.54, 1.807) is 12.3 Å². The van der Waals surface area contributed by atoms with Crippen molar-refractivity contribution in [1.29, 1.82) is 0 Å². The van der Waals surface area contributed by atoms with E-state index in [2.05, 4.69) is 15.5 Å². The van der Waals surface area contributed by atoms with Crippen LogP contribution in [-0.4, -0.2) is 56.2 Å². The lowest BCUT2D eigenvalue weighted by atomic mass is 10.0. The lowest BCUT2D eigenvalue weighted by Gasteiger charge is -2.49. The number of nitrogens with zero attached hydrogens (tertiary/aromatic N) is 3. The molecular weight excluding hydrogens is 382 g/mol. The molecule has 138 valence electrons. The molecule has 2 atom stereocenters. The Morgan fingerprint density at radius 2 is 2.38 bits per heavy atom. The summed E-state index contributed by atoms with van der Waals surface area (Å²) >= 11 is 2.66. The lowest BCUT2D eigenvalue weighted by molar-refractivity contribution is -0.150. The van der Waals surface area contributed by atoms with Gasteiger partial charge in [-0.25, -0.2) is 9.78 Å². The number of hydrogen-bond acceptors (Lipinski definition) is 9. The summed E-state index contributed by atoms with van der Waals surface area (Å²) in [5.74, 6) is -1.73. The SMILES string of the molecule is CC1=C(C(=O)O)N2C(=O)C(NC(=O)C=NOCc3csc(N)n3)[C@@H]2SC1. The number of thiazole rings is 1. The largest absolute Gasteiger partial charge is 0.477 e. The van der Waals surface area contributed by atoms with Gasteiger partial charge in [-0.3, -0.25) is 14.5 Å². The molecule has 0 bridgehead atoms. The van der Waals surface area contributed by atoms with Gasteiger partial charge < -0.3 is 21.0 Å². The highest BCUT2D eigenvalue weighted by Crippen LogP contribution is 2.39. The molecule has 10 nitrogen and oxygen atoms in total. The maximum Gasteiger partial charge on any atom is 0.352 e. The Morgan fingerprint density at radius 1 is 1.62 bits per heavy atom. The number of aromatic nitrogens is 1. The summed E-state index contributed by atoms with van der Waals surface area (Å²) in [6.45, 7) is 1.74. The van der Waals surface area contributed by atoms with Gasteiger partial charge in [0.15, 0.2) is 11.7 Å². The number of carboxylic acid groups (broad SMARTS) is 1. The average Bonchev–Trinajstić information content (AvgIpc) is 3.01. The number of rotatable bonds is 6. The number of nitrogens with two attached hydrogens (primary N) is 1. The van der Waals surface area contributed by atoms with Crippen molar-refractivity contribution in [2.75, 3.05) is 11.5 Å². The molecule has 0 aliphatic carbocycles. The number of fused-ring (bicyclic) bond motifs is 1. The van der Waals surface area contributed by atoms with Crippen LogP contribution in [-0.2, 0) is 25.8 Å². The minimum Gasteiger partial charge on any atom is -0.477 e. The Bertz CT molecular complexity index is 820. The van der Waals surface area contributed by atoms with Gasteiger partial charge in [0, 0.05) is 11.1 Å². The highest BCUT2D eigenvalue weighted by atomic mass is 32.2. The van der Waals surface area contributed by atoms with Gasteiger partial charge in [-0.2, -0.15) is 0 Å². The molecule has 0 aromatic carbocycles. The van der Waals surface area contributed by atoms with E-state index in [1.807, 2.05) is 0 Å². The number of nitrogen functional groups attached to an aromatic ring is 1. The Hall–Kier alpha value is -2.60. The topological polar surface area (TPSA) is 147 Å². The van der Waals surface area contributed by atoms with Crippen LogP contribution >= 0.6 is 23.1 Å². The van der Waals surface area contributed by atoms with Crippen LogP contribution in [0.2, 0.25) is 0 Å². The zero-order chi connectivity index (χ0) is 18.8. The monoisotopic (exact) mass is 397 g/mol. The van der Waals surface area contributed by atoms with E-state index in [0.29, 0.717) is 22.2 Å². The summed E-state index contributed by atoms with van der Waals surface area (Å²) in [5.41, 5.74) is 6.69. The first-order valence-electron chi connectivity index (χ1n) is 7.42. The summed E-state index contributed by atoms with van der Waals surface area (Å²) in [7, 11) is 0. The van der Waals surface area contributed by atoms with Gasteiger partial charge >= 0.3 is 5.97 Å². The smallest absolute Gasteiger partial charge is 0.352 e. The normalized spacial score (nSPS) is 22.2. The summed E-state index contributed by atoms with van der Waals surface area (Å²) < 4.78 is 0. The van der Waals surface area contributed by atoms with Crippen molar-refractivity contribution in [3.8, 4) is 0 Å². The lowest BCUT2D eigenvalue weighted by Crippen LogP contribution is -2.70. The molecule has 2 aliphatic rings. The van der Waals surface area contributed by atoms with E-state index in [-0.39, 0.29) is 12.3 Å². The Kier molecular flexibility index (Phi) is 5.13. The Labute approximate surface area is 156 Å². The third kappa shape index (κ3) is 3.51. The molecule has 0 saturated carbocycles. The molecular formula is C14H15N5O5S2. The van der Waals surface area contributed by atoms with Gasteiger partial charge in [-0.1, -0.05) is 5.16 Å². The van der Waals surface area contributed by atoms with Crippen LogP contribution in [0.3, 0.4) is 0 Å². The van der Waals surface area contributed by atoms with E-state index in [4.69, 9.17) is 10.6 Å². The number of β-lactam (4-membered cyclic amide) rings is 1. The number of aliphatic carboxylic acids is 1. The van der Waals surface area contributed by atoms with Crippen LogP contribution in [0, 0.1) is 0 Å². The molecule has 1 saturated heterocycles. The fourth-order valence-corrected chi connectivity index (χ4v) is 4.38. The number of amides is 2. The first kappa shape index (κ1) is 18.2. The second kappa shape index (κ2) is 7.33. The van der Waals surface area contributed by atoms with Gasteiger partial charge in [0.1, 0.15) is 23.3 Å². The first-order chi connectivity index (χ1) is 12.4.